The van der Waals surface area contributed by atoms with Crippen molar-refractivity contribution in [2.75, 3.05) is 11.9 Å². The number of benzene rings is 1. The molecule has 1 aromatic heterocycles. The number of hydrogen-bond donors (Lipinski definition) is 1. The van der Waals surface area contributed by atoms with Gasteiger partial charge in [-0.15, -0.1) is 0 Å². The number of furan rings is 1. The summed E-state index contributed by atoms with van der Waals surface area (Å²) in [6, 6.07) is 10.2. The van der Waals surface area contributed by atoms with Crippen LogP contribution in [0, 0.1) is 10.1 Å². The molecule has 1 aromatic carbocycles. The van der Waals surface area contributed by atoms with Gasteiger partial charge >= 0.3 is 0 Å². The summed E-state index contributed by atoms with van der Waals surface area (Å²) in [7, 11) is 0. The molecule has 0 amide bonds. The fourth-order valence-corrected chi connectivity index (χ4v) is 1.51. The molecule has 0 aliphatic rings. The lowest BCUT2D eigenvalue weighted by Gasteiger charge is -2.04. The summed E-state index contributed by atoms with van der Waals surface area (Å²) in [6.45, 7) is 0.675. The molecular formula is C12H12N2O3. The first-order chi connectivity index (χ1) is 8.25. The Kier molecular flexibility index (Phi) is 3.40. The van der Waals surface area contributed by atoms with Crippen LogP contribution in [0.15, 0.2) is 47.1 Å². The number of rotatable bonds is 5. The maximum absolute atomic E-state index is 10.6. The van der Waals surface area contributed by atoms with Crippen molar-refractivity contribution in [1.82, 2.24) is 0 Å². The molecule has 1 heterocycles. The van der Waals surface area contributed by atoms with E-state index in [1.807, 2.05) is 12.1 Å². The number of nitro benzene ring substituents is 1. The first-order valence-electron chi connectivity index (χ1n) is 5.26. The molecule has 2 rings (SSSR count). The largest absolute Gasteiger partial charge is 0.469 e. The highest BCUT2D eigenvalue weighted by Gasteiger charge is 2.05. The molecule has 0 aliphatic heterocycles. The van der Waals surface area contributed by atoms with Crippen molar-refractivity contribution in [1.29, 1.82) is 0 Å². The van der Waals surface area contributed by atoms with E-state index in [0.29, 0.717) is 6.54 Å². The molecule has 0 saturated heterocycles. The Morgan fingerprint density at radius 3 is 2.88 bits per heavy atom. The number of anilines is 1. The Balaban J connectivity index is 1.90. The summed E-state index contributed by atoms with van der Waals surface area (Å²) in [5.74, 6) is 0.892. The fourth-order valence-electron chi connectivity index (χ4n) is 1.51. The van der Waals surface area contributed by atoms with E-state index in [9.17, 15) is 10.1 Å². The van der Waals surface area contributed by atoms with Gasteiger partial charge in [0, 0.05) is 30.8 Å². The van der Waals surface area contributed by atoms with Gasteiger partial charge in [0.2, 0.25) is 0 Å². The Morgan fingerprint density at radius 2 is 2.18 bits per heavy atom. The quantitative estimate of drug-likeness (QED) is 0.635. The number of hydrogen-bond acceptors (Lipinski definition) is 4. The molecule has 0 radical (unpaired) electrons. The van der Waals surface area contributed by atoms with E-state index in [0.717, 1.165) is 17.9 Å². The predicted octanol–water partition coefficient (Wildman–Crippen LogP) is 2.84. The predicted molar refractivity (Wildman–Crippen MR) is 64.0 cm³/mol. The topological polar surface area (TPSA) is 68.3 Å². The van der Waals surface area contributed by atoms with Crippen LogP contribution in [-0.4, -0.2) is 11.5 Å². The molecule has 0 unspecified atom stereocenters. The van der Waals surface area contributed by atoms with Crippen LogP contribution in [0.5, 0.6) is 0 Å². The molecule has 5 nitrogen and oxygen atoms in total. The van der Waals surface area contributed by atoms with Gasteiger partial charge < -0.3 is 9.73 Å². The molecule has 1 N–H and O–H groups in total. The summed E-state index contributed by atoms with van der Waals surface area (Å²) in [4.78, 5) is 10.2. The average molecular weight is 232 g/mol. The highest BCUT2D eigenvalue weighted by molar-refractivity contribution is 5.50. The minimum Gasteiger partial charge on any atom is -0.469 e. The van der Waals surface area contributed by atoms with E-state index < -0.39 is 4.92 Å². The van der Waals surface area contributed by atoms with Gasteiger partial charge in [-0.25, -0.2) is 0 Å². The van der Waals surface area contributed by atoms with Gasteiger partial charge in [0.25, 0.3) is 5.69 Å². The second kappa shape index (κ2) is 5.16. The van der Waals surface area contributed by atoms with Crippen molar-refractivity contribution in [3.8, 4) is 0 Å². The van der Waals surface area contributed by atoms with E-state index >= 15 is 0 Å². The second-order valence-electron chi connectivity index (χ2n) is 3.56. The van der Waals surface area contributed by atoms with Crippen LogP contribution < -0.4 is 5.32 Å². The van der Waals surface area contributed by atoms with Gasteiger partial charge in [-0.3, -0.25) is 10.1 Å². The molecule has 0 saturated carbocycles. The molecule has 0 aliphatic carbocycles. The molecule has 0 bridgehead atoms. The molecule has 0 spiro atoms. The molecule has 0 fully saturated rings. The number of non-ortho nitro benzene ring substituents is 1. The van der Waals surface area contributed by atoms with E-state index in [2.05, 4.69) is 5.32 Å². The Hall–Kier alpha value is -2.30. The van der Waals surface area contributed by atoms with Crippen LogP contribution in [0.4, 0.5) is 11.4 Å². The molecular weight excluding hydrogens is 220 g/mol. The third kappa shape index (κ3) is 3.07. The number of nitrogens with zero attached hydrogens (tertiary/aromatic N) is 1. The third-order valence-electron chi connectivity index (χ3n) is 2.34. The monoisotopic (exact) mass is 232 g/mol. The van der Waals surface area contributed by atoms with Crippen molar-refractivity contribution >= 4 is 11.4 Å². The Bertz CT molecular complexity index is 494. The van der Waals surface area contributed by atoms with E-state index in [1.165, 1.54) is 12.1 Å². The first-order valence-corrected chi connectivity index (χ1v) is 5.26. The van der Waals surface area contributed by atoms with E-state index in [4.69, 9.17) is 4.42 Å². The Morgan fingerprint density at radius 1 is 1.29 bits per heavy atom. The zero-order valence-corrected chi connectivity index (χ0v) is 9.13. The fraction of sp³-hybridized carbons (Fsp3) is 0.167. The average Bonchev–Trinajstić information content (AvgIpc) is 2.82. The maximum Gasteiger partial charge on any atom is 0.271 e. The minimum absolute atomic E-state index is 0.0907. The van der Waals surface area contributed by atoms with Crippen LogP contribution in [0.1, 0.15) is 5.76 Å². The van der Waals surface area contributed by atoms with Crippen LogP contribution in [0.2, 0.25) is 0 Å². The molecule has 88 valence electrons. The van der Waals surface area contributed by atoms with Crippen LogP contribution in [0.25, 0.3) is 0 Å². The van der Waals surface area contributed by atoms with Crippen LogP contribution in [-0.2, 0) is 6.42 Å². The number of nitrogens with one attached hydrogen (secondary N) is 1. The van der Waals surface area contributed by atoms with Gasteiger partial charge in [0.15, 0.2) is 0 Å². The lowest BCUT2D eigenvalue weighted by atomic mass is 10.2. The van der Waals surface area contributed by atoms with Gasteiger partial charge in [-0.1, -0.05) is 6.07 Å². The highest BCUT2D eigenvalue weighted by atomic mass is 16.6. The van der Waals surface area contributed by atoms with Gasteiger partial charge in [0.1, 0.15) is 5.76 Å². The van der Waals surface area contributed by atoms with E-state index in [-0.39, 0.29) is 5.69 Å². The lowest BCUT2D eigenvalue weighted by Crippen LogP contribution is -2.04. The summed E-state index contributed by atoms with van der Waals surface area (Å²) in [5.41, 5.74) is 0.832. The Labute approximate surface area is 98.2 Å². The first kappa shape index (κ1) is 11.2. The molecule has 0 atom stereocenters. The smallest absolute Gasteiger partial charge is 0.271 e. The summed E-state index contributed by atoms with van der Waals surface area (Å²) in [5, 5.41) is 13.7. The zero-order chi connectivity index (χ0) is 12.1. The van der Waals surface area contributed by atoms with Crippen molar-refractivity contribution in [3.05, 3.63) is 58.5 Å². The summed E-state index contributed by atoms with van der Waals surface area (Å²) >= 11 is 0. The lowest BCUT2D eigenvalue weighted by molar-refractivity contribution is -0.384. The van der Waals surface area contributed by atoms with Crippen LogP contribution >= 0.6 is 0 Å². The number of nitro groups is 1. The van der Waals surface area contributed by atoms with Gasteiger partial charge in [-0.2, -0.15) is 0 Å². The van der Waals surface area contributed by atoms with Gasteiger partial charge in [0.05, 0.1) is 11.2 Å². The van der Waals surface area contributed by atoms with Crippen LogP contribution in [0.3, 0.4) is 0 Å². The summed E-state index contributed by atoms with van der Waals surface area (Å²) in [6.07, 6.45) is 2.37. The highest BCUT2D eigenvalue weighted by Crippen LogP contribution is 2.16. The van der Waals surface area contributed by atoms with Crippen molar-refractivity contribution in [2.45, 2.75) is 6.42 Å². The van der Waals surface area contributed by atoms with Crippen molar-refractivity contribution < 1.29 is 9.34 Å². The minimum atomic E-state index is -0.405. The van der Waals surface area contributed by atoms with Crippen molar-refractivity contribution in [3.63, 3.8) is 0 Å². The normalized spacial score (nSPS) is 10.1. The zero-order valence-electron chi connectivity index (χ0n) is 9.13. The molecule has 5 heteroatoms. The second-order valence-corrected chi connectivity index (χ2v) is 3.56. The third-order valence-corrected chi connectivity index (χ3v) is 2.34. The standard InChI is InChI=1S/C12H12N2O3/c15-14(16)11-4-1-3-10(9-11)13-7-6-12-5-2-8-17-12/h1-5,8-9,13H,6-7H2. The van der Waals surface area contributed by atoms with Crippen molar-refractivity contribution in [2.24, 2.45) is 0 Å². The van der Waals surface area contributed by atoms with E-state index in [1.54, 1.807) is 18.4 Å². The van der Waals surface area contributed by atoms with Gasteiger partial charge in [-0.05, 0) is 18.2 Å². The molecule has 17 heavy (non-hydrogen) atoms. The maximum atomic E-state index is 10.6. The summed E-state index contributed by atoms with van der Waals surface area (Å²) < 4.78 is 5.19. The SMILES string of the molecule is O=[N+]([O-])c1cccc(NCCc2ccco2)c1. The molecule has 2 aromatic rings.